The van der Waals surface area contributed by atoms with E-state index >= 15 is 0 Å². The molecule has 1 saturated heterocycles. The first-order valence-corrected chi connectivity index (χ1v) is 6.79. The van der Waals surface area contributed by atoms with Gasteiger partial charge in [-0.2, -0.15) is 0 Å². The standard InChI is InChI=1S/C13H23NO3/c15-9-10-6-12(8-14(7-10)13(16)17)11-4-2-1-3-5-11/h10-12,15H,1-9H2,(H,16,17)/t10-,12+/m1/s1. The highest BCUT2D eigenvalue weighted by molar-refractivity contribution is 5.65. The number of aliphatic hydroxyl groups excluding tert-OH is 1. The summed E-state index contributed by atoms with van der Waals surface area (Å²) in [6.45, 7) is 1.30. The maximum atomic E-state index is 11.1. The summed E-state index contributed by atoms with van der Waals surface area (Å²) in [6, 6.07) is 0. The van der Waals surface area contributed by atoms with Crippen molar-refractivity contribution in [2.45, 2.75) is 38.5 Å². The third kappa shape index (κ3) is 3.12. The molecule has 1 aliphatic heterocycles. The molecule has 1 saturated carbocycles. The average Bonchev–Trinajstić information content (AvgIpc) is 2.39. The van der Waals surface area contributed by atoms with Crippen molar-refractivity contribution in [3.05, 3.63) is 0 Å². The van der Waals surface area contributed by atoms with Crippen molar-refractivity contribution in [3.8, 4) is 0 Å². The molecule has 17 heavy (non-hydrogen) atoms. The Labute approximate surface area is 103 Å². The maximum Gasteiger partial charge on any atom is 0.407 e. The quantitative estimate of drug-likeness (QED) is 0.779. The maximum absolute atomic E-state index is 11.1. The van der Waals surface area contributed by atoms with Crippen LogP contribution in [0.4, 0.5) is 4.79 Å². The van der Waals surface area contributed by atoms with Crippen LogP contribution in [0.25, 0.3) is 0 Å². The van der Waals surface area contributed by atoms with Crippen LogP contribution >= 0.6 is 0 Å². The third-order valence-electron chi connectivity index (χ3n) is 4.41. The zero-order valence-electron chi connectivity index (χ0n) is 10.3. The molecule has 2 fully saturated rings. The molecular weight excluding hydrogens is 218 g/mol. The summed E-state index contributed by atoms with van der Waals surface area (Å²) in [4.78, 5) is 12.6. The summed E-state index contributed by atoms with van der Waals surface area (Å²) in [6.07, 6.45) is 6.58. The predicted molar refractivity (Wildman–Crippen MR) is 64.9 cm³/mol. The van der Waals surface area contributed by atoms with E-state index in [0.29, 0.717) is 24.9 Å². The van der Waals surface area contributed by atoms with Gasteiger partial charge < -0.3 is 15.1 Å². The number of carboxylic acid groups (broad SMARTS) is 1. The van der Waals surface area contributed by atoms with Gasteiger partial charge >= 0.3 is 6.09 Å². The first-order chi connectivity index (χ1) is 8.20. The lowest BCUT2D eigenvalue weighted by Crippen LogP contribution is -2.46. The summed E-state index contributed by atoms with van der Waals surface area (Å²) < 4.78 is 0. The first kappa shape index (κ1) is 12.7. The minimum Gasteiger partial charge on any atom is -0.465 e. The second-order valence-corrected chi connectivity index (χ2v) is 5.63. The molecule has 2 aliphatic rings. The van der Waals surface area contributed by atoms with E-state index in [4.69, 9.17) is 5.11 Å². The van der Waals surface area contributed by atoms with Crippen LogP contribution < -0.4 is 0 Å². The molecule has 2 N–H and O–H groups in total. The van der Waals surface area contributed by atoms with Crippen LogP contribution in [-0.2, 0) is 0 Å². The zero-order valence-corrected chi connectivity index (χ0v) is 10.3. The van der Waals surface area contributed by atoms with Crippen LogP contribution in [0.1, 0.15) is 38.5 Å². The second-order valence-electron chi connectivity index (χ2n) is 5.63. The van der Waals surface area contributed by atoms with Crippen LogP contribution in [0.3, 0.4) is 0 Å². The molecule has 1 aliphatic carbocycles. The Hall–Kier alpha value is -0.770. The number of piperidine rings is 1. The monoisotopic (exact) mass is 241 g/mol. The van der Waals surface area contributed by atoms with Gasteiger partial charge in [-0.25, -0.2) is 4.79 Å². The van der Waals surface area contributed by atoms with Crippen molar-refractivity contribution in [2.75, 3.05) is 19.7 Å². The fourth-order valence-electron chi connectivity index (χ4n) is 3.48. The van der Waals surface area contributed by atoms with Gasteiger partial charge in [0.15, 0.2) is 0 Å². The van der Waals surface area contributed by atoms with Crippen molar-refractivity contribution in [3.63, 3.8) is 0 Å². The molecule has 1 amide bonds. The van der Waals surface area contributed by atoms with Crippen molar-refractivity contribution in [1.29, 1.82) is 0 Å². The smallest absolute Gasteiger partial charge is 0.407 e. The van der Waals surface area contributed by atoms with Crippen LogP contribution in [0.15, 0.2) is 0 Å². The van der Waals surface area contributed by atoms with E-state index in [-0.39, 0.29) is 12.5 Å². The lowest BCUT2D eigenvalue weighted by Gasteiger charge is -2.40. The van der Waals surface area contributed by atoms with Gasteiger partial charge in [0.05, 0.1) is 0 Å². The summed E-state index contributed by atoms with van der Waals surface area (Å²) in [5.74, 6) is 1.30. The molecule has 0 unspecified atom stereocenters. The van der Waals surface area contributed by atoms with Gasteiger partial charge in [0.1, 0.15) is 0 Å². The molecular formula is C13H23NO3. The molecule has 0 radical (unpaired) electrons. The highest BCUT2D eigenvalue weighted by Gasteiger charge is 2.34. The minimum absolute atomic E-state index is 0.118. The number of nitrogens with zero attached hydrogens (tertiary/aromatic N) is 1. The van der Waals surface area contributed by atoms with Crippen molar-refractivity contribution in [2.24, 2.45) is 17.8 Å². The van der Waals surface area contributed by atoms with E-state index in [0.717, 1.165) is 6.42 Å². The SMILES string of the molecule is O=C(O)N1C[C@H](CO)C[C@H](C2CCCCC2)C1. The number of aliphatic hydroxyl groups is 1. The largest absolute Gasteiger partial charge is 0.465 e. The Balaban J connectivity index is 1.97. The molecule has 0 aromatic rings. The van der Waals surface area contributed by atoms with E-state index in [1.54, 1.807) is 0 Å². The number of likely N-dealkylation sites (tertiary alicyclic amines) is 1. The highest BCUT2D eigenvalue weighted by atomic mass is 16.4. The van der Waals surface area contributed by atoms with Gasteiger partial charge in [0, 0.05) is 25.6 Å². The molecule has 0 spiro atoms. The lowest BCUT2D eigenvalue weighted by molar-refractivity contribution is 0.0505. The number of rotatable bonds is 2. The van der Waals surface area contributed by atoms with Crippen LogP contribution in [0.2, 0.25) is 0 Å². The minimum atomic E-state index is -0.830. The Bertz CT molecular complexity index is 263. The fraction of sp³-hybridized carbons (Fsp3) is 0.923. The van der Waals surface area contributed by atoms with E-state index in [1.165, 1.54) is 37.0 Å². The Kier molecular flexibility index (Phi) is 4.26. The van der Waals surface area contributed by atoms with Crippen molar-refractivity contribution < 1.29 is 15.0 Å². The number of hydrogen-bond acceptors (Lipinski definition) is 2. The normalized spacial score (nSPS) is 31.5. The summed E-state index contributed by atoms with van der Waals surface area (Å²) in [7, 11) is 0. The van der Waals surface area contributed by atoms with E-state index < -0.39 is 6.09 Å². The number of amides is 1. The molecule has 2 atom stereocenters. The molecule has 0 bridgehead atoms. The molecule has 98 valence electrons. The van der Waals surface area contributed by atoms with Crippen molar-refractivity contribution >= 4 is 6.09 Å². The van der Waals surface area contributed by atoms with Crippen LogP contribution in [0, 0.1) is 17.8 Å². The lowest BCUT2D eigenvalue weighted by atomic mass is 9.74. The Morgan fingerprint density at radius 1 is 1.12 bits per heavy atom. The number of carbonyl (C=O) groups is 1. The Morgan fingerprint density at radius 3 is 2.41 bits per heavy atom. The molecule has 4 heteroatoms. The molecule has 0 aromatic heterocycles. The summed E-state index contributed by atoms with van der Waals surface area (Å²) >= 11 is 0. The predicted octanol–water partition coefficient (Wildman–Crippen LogP) is 2.18. The van der Waals surface area contributed by atoms with Gasteiger partial charge in [-0.3, -0.25) is 0 Å². The Morgan fingerprint density at radius 2 is 1.82 bits per heavy atom. The van der Waals surface area contributed by atoms with Gasteiger partial charge in [0.25, 0.3) is 0 Å². The summed E-state index contributed by atoms with van der Waals surface area (Å²) in [5.41, 5.74) is 0. The first-order valence-electron chi connectivity index (χ1n) is 6.79. The third-order valence-corrected chi connectivity index (χ3v) is 4.41. The van der Waals surface area contributed by atoms with Gasteiger partial charge in [0.2, 0.25) is 0 Å². The highest BCUT2D eigenvalue weighted by Crippen LogP contribution is 2.36. The summed E-state index contributed by atoms with van der Waals surface area (Å²) in [5, 5.41) is 18.4. The molecule has 0 aromatic carbocycles. The van der Waals surface area contributed by atoms with Gasteiger partial charge in [-0.1, -0.05) is 32.1 Å². The van der Waals surface area contributed by atoms with E-state index in [2.05, 4.69) is 0 Å². The van der Waals surface area contributed by atoms with Crippen LogP contribution in [0.5, 0.6) is 0 Å². The fourth-order valence-corrected chi connectivity index (χ4v) is 3.48. The molecule has 1 heterocycles. The van der Waals surface area contributed by atoms with Gasteiger partial charge in [-0.15, -0.1) is 0 Å². The van der Waals surface area contributed by atoms with E-state index in [9.17, 15) is 9.90 Å². The zero-order chi connectivity index (χ0) is 12.3. The molecule has 4 nitrogen and oxygen atoms in total. The van der Waals surface area contributed by atoms with Crippen molar-refractivity contribution in [1.82, 2.24) is 4.90 Å². The topological polar surface area (TPSA) is 60.8 Å². The number of hydrogen-bond donors (Lipinski definition) is 2. The molecule has 2 rings (SSSR count). The van der Waals surface area contributed by atoms with Crippen LogP contribution in [-0.4, -0.2) is 40.9 Å². The van der Waals surface area contributed by atoms with Gasteiger partial charge in [-0.05, 0) is 18.3 Å². The second kappa shape index (κ2) is 5.71. The van der Waals surface area contributed by atoms with E-state index in [1.807, 2.05) is 0 Å². The average molecular weight is 241 g/mol.